The molecule has 0 saturated carbocycles. The molecule has 1 aromatic heterocycles. The number of hydrogen-bond acceptors (Lipinski definition) is 7. The lowest BCUT2D eigenvalue weighted by Crippen LogP contribution is -2.58. The minimum Gasteiger partial charge on any atom is -0.480 e. The number of nitrogens with two attached hydrogens (primary N) is 3. The minimum absolute atomic E-state index is 0.0130. The normalized spacial score (nSPS) is 14.9. The van der Waals surface area contributed by atoms with Crippen LogP contribution in [0.5, 0.6) is 0 Å². The fourth-order valence-corrected chi connectivity index (χ4v) is 4.23. The van der Waals surface area contributed by atoms with Crippen LogP contribution in [0.1, 0.15) is 45.6 Å². The Hall–Kier alpha value is -4.17. The summed E-state index contributed by atoms with van der Waals surface area (Å²) < 4.78 is 0. The highest BCUT2D eigenvalue weighted by atomic mass is 16.4. The third-order valence-corrected chi connectivity index (χ3v) is 6.45. The number of carbonyl (C=O) groups excluding carboxylic acids is 3. The molecule has 3 amide bonds. The molecule has 0 aliphatic rings. The molecule has 0 spiro atoms. The van der Waals surface area contributed by atoms with E-state index in [9.17, 15) is 29.4 Å². The number of carboxylic acid groups (broad SMARTS) is 1. The van der Waals surface area contributed by atoms with Crippen molar-refractivity contribution < 1.29 is 29.4 Å². The number of H-pyrrole nitrogens is 1. The first-order valence-electron chi connectivity index (χ1n) is 13.5. The van der Waals surface area contributed by atoms with Gasteiger partial charge in [-0.05, 0) is 43.7 Å². The molecule has 2 aromatic rings. The molecule has 0 radical (unpaired) electrons. The number of para-hydroxylation sites is 1. The summed E-state index contributed by atoms with van der Waals surface area (Å²) >= 11 is 0. The molecule has 0 aliphatic carbocycles. The van der Waals surface area contributed by atoms with Gasteiger partial charge in [-0.3, -0.25) is 19.4 Å². The summed E-state index contributed by atoms with van der Waals surface area (Å²) in [6.45, 7) is 5.19. The first-order chi connectivity index (χ1) is 19.3. The lowest BCUT2D eigenvalue weighted by Gasteiger charge is -2.26. The number of aliphatic hydroxyl groups is 1. The van der Waals surface area contributed by atoms with Gasteiger partial charge >= 0.3 is 5.97 Å². The molecule has 14 nitrogen and oxygen atoms in total. The predicted octanol–water partition coefficient (Wildman–Crippen LogP) is -0.943. The molecule has 1 aromatic carbocycles. The summed E-state index contributed by atoms with van der Waals surface area (Å²) in [6, 6.07) is 2.63. The van der Waals surface area contributed by atoms with Crippen molar-refractivity contribution in [2.24, 2.45) is 28.1 Å². The zero-order valence-corrected chi connectivity index (χ0v) is 23.6. The third kappa shape index (κ3) is 10.4. The Morgan fingerprint density at radius 1 is 0.951 bits per heavy atom. The summed E-state index contributed by atoms with van der Waals surface area (Å²) in [7, 11) is 0. The quantitative estimate of drug-likeness (QED) is 0.0680. The van der Waals surface area contributed by atoms with Crippen LogP contribution in [-0.2, 0) is 25.6 Å². The standard InChI is InChI=1S/C27H42N8O6/c1-14(2)11-21(26(40)41)35-24(38)20(12-16-13-32-18-8-5-4-7-17(16)18)34-23(37)19(9-6-10-31-27(29)30)33-25(39)22(28)15(3)36/h4-5,7-8,13-15,19-22,32,36H,6,9-12,28H2,1-3H3,(H,33,39)(H,34,37)(H,35,38)(H,40,41)(H4,29,30,31). The Bertz CT molecular complexity index is 1220. The van der Waals surface area contributed by atoms with Crippen molar-refractivity contribution in [3.05, 3.63) is 36.0 Å². The predicted molar refractivity (Wildman–Crippen MR) is 154 cm³/mol. The van der Waals surface area contributed by atoms with Crippen LogP contribution in [0.25, 0.3) is 10.9 Å². The molecular formula is C27H42N8O6. The fourth-order valence-electron chi connectivity index (χ4n) is 4.23. The largest absolute Gasteiger partial charge is 0.480 e. The number of guanidine groups is 1. The number of aromatic nitrogens is 1. The molecule has 41 heavy (non-hydrogen) atoms. The highest BCUT2D eigenvalue weighted by Gasteiger charge is 2.31. The molecule has 0 fully saturated rings. The van der Waals surface area contributed by atoms with E-state index in [1.165, 1.54) is 6.92 Å². The monoisotopic (exact) mass is 574 g/mol. The van der Waals surface area contributed by atoms with E-state index >= 15 is 0 Å². The Morgan fingerprint density at radius 3 is 2.17 bits per heavy atom. The number of nitrogens with zero attached hydrogens (tertiary/aromatic N) is 1. The minimum atomic E-state index is -1.29. The highest BCUT2D eigenvalue weighted by Crippen LogP contribution is 2.19. The molecule has 1 heterocycles. The van der Waals surface area contributed by atoms with Crippen LogP contribution in [-0.4, -0.2) is 81.7 Å². The molecule has 5 atom stereocenters. The van der Waals surface area contributed by atoms with Gasteiger partial charge in [-0.25, -0.2) is 4.79 Å². The second-order valence-corrected chi connectivity index (χ2v) is 10.4. The van der Waals surface area contributed by atoms with Crippen LogP contribution in [0, 0.1) is 5.92 Å². The maximum absolute atomic E-state index is 13.5. The number of aliphatic imine (C=N–C) groups is 1. The van der Waals surface area contributed by atoms with Crippen molar-refractivity contribution in [3.63, 3.8) is 0 Å². The molecule has 0 aliphatic heterocycles. The van der Waals surface area contributed by atoms with Crippen molar-refractivity contribution in [1.82, 2.24) is 20.9 Å². The second kappa shape index (κ2) is 15.6. The number of nitrogens with one attached hydrogen (secondary N) is 4. The van der Waals surface area contributed by atoms with Crippen LogP contribution in [0.2, 0.25) is 0 Å². The topological polar surface area (TPSA) is 251 Å². The second-order valence-electron chi connectivity index (χ2n) is 10.4. The number of benzene rings is 1. The Balaban J connectivity index is 2.34. The first kappa shape index (κ1) is 33.0. The Morgan fingerprint density at radius 2 is 1.56 bits per heavy atom. The van der Waals surface area contributed by atoms with Crippen molar-refractivity contribution in [2.75, 3.05) is 6.54 Å². The Kier molecular flexibility index (Phi) is 12.5. The van der Waals surface area contributed by atoms with E-state index < -0.39 is 54.0 Å². The molecule has 226 valence electrons. The van der Waals surface area contributed by atoms with Crippen LogP contribution in [0.4, 0.5) is 0 Å². The molecular weight excluding hydrogens is 532 g/mol. The average molecular weight is 575 g/mol. The van der Waals surface area contributed by atoms with Gasteiger partial charge in [0, 0.05) is 30.1 Å². The van der Waals surface area contributed by atoms with Crippen LogP contribution < -0.4 is 33.2 Å². The molecule has 0 bridgehead atoms. The number of aromatic amines is 1. The van der Waals surface area contributed by atoms with Gasteiger partial charge in [-0.2, -0.15) is 0 Å². The van der Waals surface area contributed by atoms with Crippen molar-refractivity contribution >= 4 is 40.6 Å². The van der Waals surface area contributed by atoms with E-state index in [1.807, 2.05) is 38.1 Å². The maximum Gasteiger partial charge on any atom is 0.326 e. The van der Waals surface area contributed by atoms with Crippen molar-refractivity contribution in [2.45, 2.75) is 76.7 Å². The van der Waals surface area contributed by atoms with Gasteiger partial charge in [-0.15, -0.1) is 0 Å². The van der Waals surface area contributed by atoms with Crippen molar-refractivity contribution in [1.29, 1.82) is 0 Å². The van der Waals surface area contributed by atoms with Crippen LogP contribution >= 0.6 is 0 Å². The zero-order valence-electron chi connectivity index (χ0n) is 23.6. The number of aliphatic hydroxyl groups excluding tert-OH is 1. The number of hydrogen-bond donors (Lipinski definition) is 9. The number of carbonyl (C=O) groups is 4. The Labute approximate surface area is 238 Å². The van der Waals surface area contributed by atoms with Gasteiger partial charge in [0.2, 0.25) is 17.7 Å². The van der Waals surface area contributed by atoms with E-state index in [0.717, 1.165) is 16.5 Å². The molecule has 14 heteroatoms. The van der Waals surface area contributed by atoms with E-state index in [1.54, 1.807) is 6.20 Å². The summed E-state index contributed by atoms with van der Waals surface area (Å²) in [5, 5.41) is 28.0. The lowest BCUT2D eigenvalue weighted by molar-refractivity contribution is -0.142. The van der Waals surface area contributed by atoms with Gasteiger partial charge in [-0.1, -0.05) is 32.0 Å². The maximum atomic E-state index is 13.5. The summed E-state index contributed by atoms with van der Waals surface area (Å²) in [5.74, 6) is -3.49. The van der Waals surface area contributed by atoms with Crippen LogP contribution in [0.15, 0.2) is 35.5 Å². The van der Waals surface area contributed by atoms with Gasteiger partial charge in [0.1, 0.15) is 24.2 Å². The number of rotatable bonds is 16. The number of amides is 3. The fraction of sp³-hybridized carbons (Fsp3) is 0.519. The van der Waals surface area contributed by atoms with E-state index in [4.69, 9.17) is 17.2 Å². The lowest BCUT2D eigenvalue weighted by atomic mass is 10.0. The van der Waals surface area contributed by atoms with Crippen LogP contribution in [0.3, 0.4) is 0 Å². The average Bonchev–Trinajstić information content (AvgIpc) is 3.31. The van der Waals surface area contributed by atoms with E-state index in [2.05, 4.69) is 25.9 Å². The highest BCUT2D eigenvalue weighted by molar-refractivity contribution is 5.95. The SMILES string of the molecule is CC(C)CC(NC(=O)C(Cc1c[nH]c2ccccc12)NC(=O)C(CCCN=C(N)N)NC(=O)C(N)C(C)O)C(=O)O. The van der Waals surface area contributed by atoms with Gasteiger partial charge in [0.15, 0.2) is 5.96 Å². The van der Waals surface area contributed by atoms with Gasteiger partial charge < -0.3 is 48.3 Å². The summed E-state index contributed by atoms with van der Waals surface area (Å²) in [6.07, 6.45) is 1.17. The molecule has 2 rings (SSSR count). The van der Waals surface area contributed by atoms with Gasteiger partial charge in [0.05, 0.1) is 6.10 Å². The summed E-state index contributed by atoms with van der Waals surface area (Å²) in [5.41, 5.74) is 18.0. The molecule has 5 unspecified atom stereocenters. The first-order valence-corrected chi connectivity index (χ1v) is 13.5. The van der Waals surface area contributed by atoms with Crippen molar-refractivity contribution in [3.8, 4) is 0 Å². The third-order valence-electron chi connectivity index (χ3n) is 6.45. The molecule has 0 saturated heterocycles. The number of aliphatic carboxylic acids is 1. The zero-order chi connectivity index (χ0) is 30.7. The molecule has 12 N–H and O–H groups in total. The van der Waals surface area contributed by atoms with E-state index in [-0.39, 0.29) is 37.7 Å². The number of fused-ring (bicyclic) bond motifs is 1. The van der Waals surface area contributed by atoms with Gasteiger partial charge in [0.25, 0.3) is 0 Å². The number of carboxylic acids is 1. The van der Waals surface area contributed by atoms with E-state index in [0.29, 0.717) is 6.42 Å². The smallest absolute Gasteiger partial charge is 0.326 e. The summed E-state index contributed by atoms with van der Waals surface area (Å²) in [4.78, 5) is 58.3.